The van der Waals surface area contributed by atoms with Gasteiger partial charge in [0.1, 0.15) is 5.76 Å². The van der Waals surface area contributed by atoms with Crippen LogP contribution in [0.3, 0.4) is 0 Å². The fraction of sp³-hybridized carbons (Fsp3) is 0.292. The van der Waals surface area contributed by atoms with Crippen molar-refractivity contribution in [3.8, 4) is 6.07 Å². The second-order valence-corrected chi connectivity index (χ2v) is 8.71. The van der Waals surface area contributed by atoms with Crippen molar-refractivity contribution in [2.45, 2.75) is 32.6 Å². The number of benzene rings is 1. The Balaban J connectivity index is 1.86. The van der Waals surface area contributed by atoms with Gasteiger partial charge in [-0.2, -0.15) is 5.26 Å². The Morgan fingerprint density at radius 2 is 2.06 bits per heavy atom. The molecule has 2 aromatic rings. The summed E-state index contributed by atoms with van der Waals surface area (Å²) in [6.07, 6.45) is 3.23. The first-order valence-electron chi connectivity index (χ1n) is 10.4. The van der Waals surface area contributed by atoms with Crippen LogP contribution in [0, 0.1) is 11.3 Å². The summed E-state index contributed by atoms with van der Waals surface area (Å²) in [5.41, 5.74) is 1.78. The fourth-order valence-electron chi connectivity index (χ4n) is 3.30. The molecule has 3 rings (SSSR count). The largest absolute Gasteiger partial charge is 0.468 e. The molecule has 0 bridgehead atoms. The molecule has 0 aliphatic carbocycles. The van der Waals surface area contributed by atoms with E-state index in [0.29, 0.717) is 44.9 Å². The van der Waals surface area contributed by atoms with Gasteiger partial charge in [0, 0.05) is 16.4 Å². The first kappa shape index (κ1) is 24.5. The van der Waals surface area contributed by atoms with E-state index in [2.05, 4.69) is 16.7 Å². The highest BCUT2D eigenvalue weighted by atomic mass is 35.5. The van der Waals surface area contributed by atoms with Gasteiger partial charge in [-0.3, -0.25) is 9.59 Å². The molecule has 1 amide bonds. The number of thioether (sulfide) groups is 1. The number of furan rings is 1. The van der Waals surface area contributed by atoms with Gasteiger partial charge >= 0.3 is 5.97 Å². The summed E-state index contributed by atoms with van der Waals surface area (Å²) < 4.78 is 10.8. The number of nitrogens with zero attached hydrogens (tertiary/aromatic N) is 1. The molecule has 1 aromatic heterocycles. The Bertz CT molecular complexity index is 1100. The van der Waals surface area contributed by atoms with Crippen molar-refractivity contribution in [1.82, 2.24) is 5.32 Å². The van der Waals surface area contributed by atoms with E-state index < -0.39 is 5.92 Å². The third kappa shape index (κ3) is 6.21. The summed E-state index contributed by atoms with van der Waals surface area (Å²) in [5, 5.41) is 17.0. The smallest absolute Gasteiger partial charge is 0.316 e. The molecule has 1 unspecified atom stereocenters. The maximum atomic E-state index is 13.3. The first-order valence-corrected chi connectivity index (χ1v) is 11.8. The highest BCUT2D eigenvalue weighted by Crippen LogP contribution is 2.41. The predicted octanol–water partition coefficient (Wildman–Crippen LogP) is 5.34. The van der Waals surface area contributed by atoms with Crippen molar-refractivity contribution in [1.29, 1.82) is 5.26 Å². The van der Waals surface area contributed by atoms with Gasteiger partial charge in [0.25, 0.3) is 5.91 Å². The number of hydrogen-bond acceptors (Lipinski definition) is 7. The Morgan fingerprint density at radius 1 is 1.30 bits per heavy atom. The van der Waals surface area contributed by atoms with E-state index in [1.54, 1.807) is 43.3 Å². The summed E-state index contributed by atoms with van der Waals surface area (Å²) in [5.74, 6) is -0.960. The number of anilines is 1. The highest BCUT2D eigenvalue weighted by molar-refractivity contribution is 8.03. The van der Waals surface area contributed by atoms with Gasteiger partial charge in [-0.15, -0.1) is 0 Å². The van der Waals surface area contributed by atoms with Crippen LogP contribution in [0.1, 0.15) is 38.4 Å². The topological polar surface area (TPSA) is 104 Å². The lowest BCUT2D eigenvalue weighted by molar-refractivity contribution is -0.140. The van der Waals surface area contributed by atoms with Crippen molar-refractivity contribution in [3.05, 3.63) is 75.3 Å². The molecule has 1 aliphatic rings. The minimum Gasteiger partial charge on any atom is -0.468 e. The summed E-state index contributed by atoms with van der Waals surface area (Å²) >= 11 is 7.10. The molecule has 0 fully saturated rings. The van der Waals surface area contributed by atoms with Gasteiger partial charge in [-0.25, -0.2) is 0 Å². The molecule has 0 saturated carbocycles. The Labute approximate surface area is 201 Å². The third-order valence-electron chi connectivity index (χ3n) is 4.92. The lowest BCUT2D eigenvalue weighted by Crippen LogP contribution is -2.30. The Hall–Kier alpha value is -3.15. The van der Waals surface area contributed by atoms with E-state index in [-0.39, 0.29) is 17.6 Å². The number of rotatable bonds is 9. The quantitative estimate of drug-likeness (QED) is 0.364. The molecule has 2 heterocycles. The van der Waals surface area contributed by atoms with E-state index in [1.807, 2.05) is 6.92 Å². The zero-order chi connectivity index (χ0) is 23.8. The number of carbonyl (C=O) groups excluding carboxylic acids is 2. The molecule has 1 aliphatic heterocycles. The van der Waals surface area contributed by atoms with Crippen LogP contribution in [0.5, 0.6) is 0 Å². The molecule has 1 aromatic carbocycles. The number of carbonyl (C=O) groups is 2. The van der Waals surface area contributed by atoms with E-state index in [9.17, 15) is 14.9 Å². The van der Waals surface area contributed by atoms with Gasteiger partial charge in [-0.1, -0.05) is 36.7 Å². The van der Waals surface area contributed by atoms with Crippen molar-refractivity contribution in [2.75, 3.05) is 17.7 Å². The van der Waals surface area contributed by atoms with Crippen molar-refractivity contribution >= 4 is 40.9 Å². The monoisotopic (exact) mass is 485 g/mol. The molecule has 0 saturated heterocycles. The zero-order valence-corrected chi connectivity index (χ0v) is 19.9. The van der Waals surface area contributed by atoms with Gasteiger partial charge in [0.15, 0.2) is 0 Å². The average Bonchev–Trinajstić information content (AvgIpc) is 3.33. The van der Waals surface area contributed by atoms with Crippen molar-refractivity contribution in [2.24, 2.45) is 0 Å². The molecule has 1 atom stereocenters. The summed E-state index contributed by atoms with van der Waals surface area (Å²) in [4.78, 5) is 25.3. The van der Waals surface area contributed by atoms with Crippen LogP contribution in [-0.4, -0.2) is 24.2 Å². The number of hydrogen-bond donors (Lipinski definition) is 2. The molecule has 2 N–H and O–H groups in total. The van der Waals surface area contributed by atoms with Crippen molar-refractivity contribution < 1.29 is 18.7 Å². The molecule has 0 radical (unpaired) electrons. The molecule has 172 valence electrons. The third-order valence-corrected chi connectivity index (χ3v) is 6.16. The second kappa shape index (κ2) is 11.6. The number of allylic oxidation sites excluding steroid dienone is 2. The van der Waals surface area contributed by atoms with Crippen LogP contribution < -0.4 is 10.6 Å². The van der Waals surface area contributed by atoms with Crippen LogP contribution in [0.15, 0.2) is 69.0 Å². The van der Waals surface area contributed by atoms with Gasteiger partial charge in [-0.05, 0) is 49.7 Å². The van der Waals surface area contributed by atoms with Crippen LogP contribution in [0.4, 0.5) is 5.69 Å². The number of nitrogens with one attached hydrogen (secondary N) is 2. The molecule has 7 nitrogen and oxygen atoms in total. The van der Waals surface area contributed by atoms with Crippen LogP contribution in [0.25, 0.3) is 0 Å². The number of amides is 1. The molecule has 33 heavy (non-hydrogen) atoms. The van der Waals surface area contributed by atoms with Gasteiger partial charge < -0.3 is 19.8 Å². The van der Waals surface area contributed by atoms with Crippen LogP contribution in [-0.2, 0) is 14.3 Å². The van der Waals surface area contributed by atoms with E-state index >= 15 is 0 Å². The highest BCUT2D eigenvalue weighted by Gasteiger charge is 2.36. The Kier molecular flexibility index (Phi) is 8.64. The molecule has 0 spiro atoms. The average molecular weight is 486 g/mol. The number of esters is 1. The van der Waals surface area contributed by atoms with Crippen molar-refractivity contribution in [3.63, 3.8) is 0 Å². The summed E-state index contributed by atoms with van der Waals surface area (Å²) in [6, 6.07) is 12.4. The second-order valence-electron chi connectivity index (χ2n) is 7.29. The standard InChI is InChI=1S/C24H24ClN3O4S/c1-3-4-11-32-20(29)14-33-24-18(13-26)22(19-6-5-12-31-19)21(15(2)27-24)23(30)28-17-9-7-16(25)8-10-17/h5-10,12,22,27H,3-4,11,14H2,1-2H3,(H,28,30). The normalized spacial score (nSPS) is 15.6. The maximum Gasteiger partial charge on any atom is 0.316 e. The first-order chi connectivity index (χ1) is 15.9. The molecular formula is C24H24ClN3O4S. The lowest BCUT2D eigenvalue weighted by atomic mass is 9.85. The Morgan fingerprint density at radius 3 is 2.70 bits per heavy atom. The van der Waals surface area contributed by atoms with E-state index in [4.69, 9.17) is 20.8 Å². The van der Waals surface area contributed by atoms with Crippen LogP contribution >= 0.6 is 23.4 Å². The minimum absolute atomic E-state index is 0.0433. The zero-order valence-electron chi connectivity index (χ0n) is 18.3. The number of halogens is 1. The van der Waals surface area contributed by atoms with Crippen LogP contribution in [0.2, 0.25) is 5.02 Å². The number of dihydropyridines is 1. The maximum absolute atomic E-state index is 13.3. The number of unbranched alkanes of at least 4 members (excludes halogenated alkanes) is 1. The summed E-state index contributed by atoms with van der Waals surface area (Å²) in [6.45, 7) is 4.14. The lowest BCUT2D eigenvalue weighted by Gasteiger charge is -2.28. The number of nitriles is 1. The molecule has 9 heteroatoms. The van der Waals surface area contributed by atoms with E-state index in [0.717, 1.165) is 12.8 Å². The van der Waals surface area contributed by atoms with Gasteiger partial charge in [0.2, 0.25) is 0 Å². The SMILES string of the molecule is CCCCOC(=O)CSC1=C(C#N)C(c2ccco2)C(C(=O)Nc2ccc(Cl)cc2)=C(C)N1. The molecular weight excluding hydrogens is 462 g/mol. The van der Waals surface area contributed by atoms with E-state index in [1.165, 1.54) is 18.0 Å². The summed E-state index contributed by atoms with van der Waals surface area (Å²) in [7, 11) is 0. The predicted molar refractivity (Wildman–Crippen MR) is 128 cm³/mol. The number of ether oxygens (including phenoxy) is 1. The van der Waals surface area contributed by atoms with Gasteiger partial charge in [0.05, 0.1) is 46.8 Å². The minimum atomic E-state index is -0.725. The fourth-order valence-corrected chi connectivity index (χ4v) is 4.32.